The third kappa shape index (κ3) is 4.80. The molecule has 1 fully saturated rings. The Balaban J connectivity index is 1.80. The average molecular weight is 371 g/mol. The van der Waals surface area contributed by atoms with Gasteiger partial charge in [-0.2, -0.15) is 12.6 Å². The molecular formula is C22H30N2OS. The van der Waals surface area contributed by atoms with Gasteiger partial charge in [0.15, 0.2) is 0 Å². The topological polar surface area (TPSA) is 23.6 Å². The number of fused-ring (bicyclic) bond motifs is 1. The first kappa shape index (κ1) is 19.2. The number of hydrogen-bond donors (Lipinski definition) is 1. The number of carbonyl (C=O) groups is 1. The summed E-state index contributed by atoms with van der Waals surface area (Å²) >= 11 is 4.60. The van der Waals surface area contributed by atoms with Crippen molar-refractivity contribution in [3.05, 3.63) is 48.0 Å². The zero-order valence-corrected chi connectivity index (χ0v) is 16.8. The van der Waals surface area contributed by atoms with E-state index in [2.05, 4.69) is 73.8 Å². The summed E-state index contributed by atoms with van der Waals surface area (Å²) in [6.07, 6.45) is 2.76. The summed E-state index contributed by atoms with van der Waals surface area (Å²) in [6, 6.07) is 14.8. The average Bonchev–Trinajstić information content (AvgIpc) is 3.06. The van der Waals surface area contributed by atoms with Crippen LogP contribution in [-0.4, -0.2) is 40.7 Å². The van der Waals surface area contributed by atoms with E-state index in [1.54, 1.807) is 0 Å². The molecule has 26 heavy (non-hydrogen) atoms. The van der Waals surface area contributed by atoms with Crippen molar-refractivity contribution >= 4 is 29.3 Å². The number of likely N-dealkylation sites (tertiary alicyclic amines) is 1. The number of benzene rings is 2. The Morgan fingerprint density at radius 2 is 2.04 bits per heavy atom. The molecule has 1 heterocycles. The van der Waals surface area contributed by atoms with E-state index in [1.807, 2.05) is 4.90 Å². The van der Waals surface area contributed by atoms with Crippen molar-refractivity contribution in [1.29, 1.82) is 0 Å². The van der Waals surface area contributed by atoms with E-state index in [-0.39, 0.29) is 5.91 Å². The van der Waals surface area contributed by atoms with Crippen LogP contribution < -0.4 is 0 Å². The second-order valence-corrected chi connectivity index (χ2v) is 8.34. The van der Waals surface area contributed by atoms with Crippen molar-refractivity contribution in [2.24, 2.45) is 5.92 Å². The van der Waals surface area contributed by atoms with Crippen molar-refractivity contribution in [1.82, 2.24) is 9.80 Å². The number of carbonyl (C=O) groups excluding carboxylic acids is 1. The van der Waals surface area contributed by atoms with Gasteiger partial charge >= 0.3 is 0 Å². The third-order valence-corrected chi connectivity index (χ3v) is 5.85. The first-order chi connectivity index (χ1) is 12.6. The van der Waals surface area contributed by atoms with Crippen LogP contribution in [0.5, 0.6) is 0 Å². The summed E-state index contributed by atoms with van der Waals surface area (Å²) in [7, 11) is 0. The molecule has 1 amide bonds. The quantitative estimate of drug-likeness (QED) is 0.722. The minimum atomic E-state index is 0.259. The first-order valence-corrected chi connectivity index (χ1v) is 10.2. The zero-order valence-electron chi connectivity index (χ0n) is 15.9. The summed E-state index contributed by atoms with van der Waals surface area (Å²) in [6.45, 7) is 7.68. The van der Waals surface area contributed by atoms with Gasteiger partial charge in [0.25, 0.3) is 0 Å². The summed E-state index contributed by atoms with van der Waals surface area (Å²) in [5, 5.41) is 2.90. The minimum absolute atomic E-state index is 0.259. The Morgan fingerprint density at radius 3 is 2.77 bits per heavy atom. The molecule has 1 aliphatic heterocycles. The SMILES string of the molecule is CCC(C)CC(=O)N(Cc1cccc2ccccc12)CN1CC[C@H](S)C1. The maximum atomic E-state index is 13.0. The van der Waals surface area contributed by atoms with Crippen molar-refractivity contribution in [2.75, 3.05) is 19.8 Å². The highest BCUT2D eigenvalue weighted by Crippen LogP contribution is 2.22. The maximum absolute atomic E-state index is 13.0. The molecule has 4 heteroatoms. The molecule has 1 saturated heterocycles. The van der Waals surface area contributed by atoms with Crippen LogP contribution in [0.25, 0.3) is 10.8 Å². The molecule has 0 saturated carbocycles. The fraction of sp³-hybridized carbons (Fsp3) is 0.500. The fourth-order valence-electron chi connectivity index (χ4n) is 3.61. The van der Waals surface area contributed by atoms with Gasteiger partial charge in [-0.25, -0.2) is 0 Å². The maximum Gasteiger partial charge on any atom is 0.224 e. The number of amides is 1. The minimum Gasteiger partial charge on any atom is -0.325 e. The lowest BCUT2D eigenvalue weighted by atomic mass is 10.0. The normalized spacial score (nSPS) is 19.0. The number of rotatable bonds is 7. The molecule has 2 atom stereocenters. The smallest absolute Gasteiger partial charge is 0.224 e. The molecule has 0 spiro atoms. The van der Waals surface area contributed by atoms with Gasteiger partial charge in [0, 0.05) is 31.3 Å². The van der Waals surface area contributed by atoms with Crippen molar-refractivity contribution in [2.45, 2.75) is 44.9 Å². The molecule has 1 aliphatic rings. The predicted molar refractivity (Wildman–Crippen MR) is 112 cm³/mol. The van der Waals surface area contributed by atoms with Crippen LogP contribution in [0.4, 0.5) is 0 Å². The Morgan fingerprint density at radius 1 is 1.27 bits per heavy atom. The van der Waals surface area contributed by atoms with E-state index in [0.29, 0.717) is 30.8 Å². The Bertz CT molecular complexity index is 743. The van der Waals surface area contributed by atoms with Gasteiger partial charge in [0.05, 0.1) is 6.67 Å². The molecule has 1 unspecified atom stereocenters. The monoisotopic (exact) mass is 370 g/mol. The molecule has 0 bridgehead atoms. The lowest BCUT2D eigenvalue weighted by molar-refractivity contribution is -0.134. The standard InChI is InChI=1S/C22H30N2OS/c1-3-17(2)13-22(25)24(16-23-12-11-20(26)15-23)14-19-9-6-8-18-7-4-5-10-21(18)19/h4-10,17,20,26H,3,11-16H2,1-2H3/t17?,20-/m0/s1. The van der Waals surface area contributed by atoms with Gasteiger partial charge in [-0.3, -0.25) is 9.69 Å². The van der Waals surface area contributed by atoms with Gasteiger partial charge in [0.1, 0.15) is 0 Å². The zero-order chi connectivity index (χ0) is 18.5. The highest BCUT2D eigenvalue weighted by Gasteiger charge is 2.24. The van der Waals surface area contributed by atoms with Crippen LogP contribution in [0, 0.1) is 5.92 Å². The van der Waals surface area contributed by atoms with Crippen molar-refractivity contribution < 1.29 is 4.79 Å². The molecule has 3 nitrogen and oxygen atoms in total. The predicted octanol–water partition coefficient (Wildman–Crippen LogP) is 4.57. The molecule has 3 rings (SSSR count). The van der Waals surface area contributed by atoms with Crippen molar-refractivity contribution in [3.63, 3.8) is 0 Å². The molecule has 0 N–H and O–H groups in total. The molecule has 140 valence electrons. The lowest BCUT2D eigenvalue weighted by Crippen LogP contribution is -2.40. The van der Waals surface area contributed by atoms with Crippen LogP contribution in [0.1, 0.15) is 38.7 Å². The highest BCUT2D eigenvalue weighted by molar-refractivity contribution is 7.81. The molecule has 0 aromatic heterocycles. The summed E-state index contributed by atoms with van der Waals surface area (Å²) in [5.41, 5.74) is 1.22. The van der Waals surface area contributed by atoms with Gasteiger partial charge in [-0.15, -0.1) is 0 Å². The lowest BCUT2D eigenvalue weighted by Gasteiger charge is -2.29. The van der Waals surface area contributed by atoms with E-state index in [4.69, 9.17) is 0 Å². The van der Waals surface area contributed by atoms with Gasteiger partial charge < -0.3 is 4.90 Å². The van der Waals surface area contributed by atoms with Crippen molar-refractivity contribution in [3.8, 4) is 0 Å². The molecular weight excluding hydrogens is 340 g/mol. The third-order valence-electron chi connectivity index (χ3n) is 5.43. The second-order valence-electron chi connectivity index (χ2n) is 7.61. The number of thiol groups is 1. The Labute approximate surface area is 162 Å². The molecule has 2 aromatic rings. The summed E-state index contributed by atoms with van der Waals surface area (Å²) in [5.74, 6) is 0.684. The van der Waals surface area contributed by atoms with Crippen LogP contribution in [0.15, 0.2) is 42.5 Å². The molecule has 0 aliphatic carbocycles. The van der Waals surface area contributed by atoms with Crippen LogP contribution >= 0.6 is 12.6 Å². The first-order valence-electron chi connectivity index (χ1n) is 9.71. The van der Waals surface area contributed by atoms with E-state index < -0.39 is 0 Å². The van der Waals surface area contributed by atoms with E-state index in [0.717, 1.165) is 25.9 Å². The molecule has 0 radical (unpaired) electrons. The van der Waals surface area contributed by atoms with Crippen LogP contribution in [-0.2, 0) is 11.3 Å². The summed E-state index contributed by atoms with van der Waals surface area (Å²) < 4.78 is 0. The van der Waals surface area contributed by atoms with Gasteiger partial charge in [0.2, 0.25) is 5.91 Å². The fourth-order valence-corrected chi connectivity index (χ4v) is 3.95. The van der Waals surface area contributed by atoms with E-state index in [1.165, 1.54) is 16.3 Å². The highest BCUT2D eigenvalue weighted by atomic mass is 32.1. The Hall–Kier alpha value is -1.52. The number of nitrogens with zero attached hydrogens (tertiary/aromatic N) is 2. The van der Waals surface area contributed by atoms with Gasteiger partial charge in [-0.1, -0.05) is 62.7 Å². The summed E-state index contributed by atoms with van der Waals surface area (Å²) in [4.78, 5) is 17.4. The second kappa shape index (κ2) is 8.92. The van der Waals surface area contributed by atoms with E-state index in [9.17, 15) is 4.79 Å². The van der Waals surface area contributed by atoms with Crippen LogP contribution in [0.2, 0.25) is 0 Å². The largest absolute Gasteiger partial charge is 0.325 e. The Kier molecular flexibility index (Phi) is 6.60. The number of hydrogen-bond acceptors (Lipinski definition) is 3. The van der Waals surface area contributed by atoms with E-state index >= 15 is 0 Å². The van der Waals surface area contributed by atoms with Crippen LogP contribution in [0.3, 0.4) is 0 Å². The van der Waals surface area contributed by atoms with Gasteiger partial charge in [-0.05, 0) is 28.7 Å². The molecule has 2 aromatic carbocycles.